The smallest absolute Gasteiger partial charge is 0.246 e. The highest BCUT2D eigenvalue weighted by molar-refractivity contribution is 6.37. The molecule has 0 aliphatic carbocycles. The number of hydrogen-bond acceptors (Lipinski definition) is 2. The van der Waals surface area contributed by atoms with E-state index in [-0.39, 0.29) is 24.9 Å². The van der Waals surface area contributed by atoms with Crippen molar-refractivity contribution in [3.8, 4) is 0 Å². The van der Waals surface area contributed by atoms with Crippen LogP contribution in [0.4, 0.5) is 5.69 Å². The molecule has 0 aromatic heterocycles. The van der Waals surface area contributed by atoms with Crippen molar-refractivity contribution in [2.24, 2.45) is 0 Å². The molecule has 0 bridgehead atoms. The van der Waals surface area contributed by atoms with Gasteiger partial charge in [0.1, 0.15) is 6.54 Å². The SMILES string of the molecule is O=C1CN(c2ccc(Cl)cc2Cl)C(=O)CN1. The minimum Gasteiger partial charge on any atom is -0.345 e. The minimum atomic E-state index is -0.203. The van der Waals surface area contributed by atoms with Crippen LogP contribution in [0, 0.1) is 0 Å². The predicted octanol–water partition coefficient (Wildman–Crippen LogP) is 1.46. The van der Waals surface area contributed by atoms with E-state index in [1.54, 1.807) is 12.1 Å². The monoisotopic (exact) mass is 258 g/mol. The quantitative estimate of drug-likeness (QED) is 0.829. The second-order valence-corrected chi connectivity index (χ2v) is 4.20. The Morgan fingerprint density at radius 3 is 2.69 bits per heavy atom. The normalized spacial score (nSPS) is 16.2. The van der Waals surface area contributed by atoms with Crippen molar-refractivity contribution in [1.29, 1.82) is 0 Å². The van der Waals surface area contributed by atoms with Gasteiger partial charge in [0.25, 0.3) is 0 Å². The lowest BCUT2D eigenvalue weighted by molar-refractivity contribution is -0.128. The molecule has 1 saturated heterocycles. The fourth-order valence-electron chi connectivity index (χ4n) is 1.48. The van der Waals surface area contributed by atoms with Crippen molar-refractivity contribution in [2.75, 3.05) is 18.0 Å². The highest BCUT2D eigenvalue weighted by Gasteiger charge is 2.25. The summed E-state index contributed by atoms with van der Waals surface area (Å²) < 4.78 is 0. The van der Waals surface area contributed by atoms with Crippen LogP contribution in [0.2, 0.25) is 10.0 Å². The number of rotatable bonds is 1. The Morgan fingerprint density at radius 1 is 1.25 bits per heavy atom. The van der Waals surface area contributed by atoms with Gasteiger partial charge in [-0.3, -0.25) is 14.5 Å². The van der Waals surface area contributed by atoms with E-state index in [0.717, 1.165) is 0 Å². The molecule has 1 N–H and O–H groups in total. The highest BCUT2D eigenvalue weighted by atomic mass is 35.5. The molecular formula is C10H8Cl2N2O2. The van der Waals surface area contributed by atoms with E-state index >= 15 is 0 Å². The summed E-state index contributed by atoms with van der Waals surface area (Å²) in [6.45, 7) is -0.0159. The molecule has 1 aromatic rings. The molecule has 0 unspecified atom stereocenters. The van der Waals surface area contributed by atoms with Crippen LogP contribution in [-0.4, -0.2) is 24.9 Å². The number of benzene rings is 1. The van der Waals surface area contributed by atoms with Gasteiger partial charge in [-0.05, 0) is 18.2 Å². The van der Waals surface area contributed by atoms with Crippen molar-refractivity contribution >= 4 is 40.7 Å². The van der Waals surface area contributed by atoms with Gasteiger partial charge < -0.3 is 5.32 Å². The van der Waals surface area contributed by atoms with E-state index in [4.69, 9.17) is 23.2 Å². The number of anilines is 1. The first-order chi connectivity index (χ1) is 7.58. The van der Waals surface area contributed by atoms with Gasteiger partial charge in [0.15, 0.2) is 0 Å². The first-order valence-electron chi connectivity index (χ1n) is 4.60. The third kappa shape index (κ3) is 2.13. The molecule has 2 rings (SSSR count). The number of nitrogens with one attached hydrogen (secondary N) is 1. The molecule has 4 nitrogen and oxygen atoms in total. The highest BCUT2D eigenvalue weighted by Crippen LogP contribution is 2.29. The molecule has 0 atom stereocenters. The lowest BCUT2D eigenvalue weighted by Crippen LogP contribution is -2.51. The first-order valence-corrected chi connectivity index (χ1v) is 5.35. The molecule has 1 aliphatic heterocycles. The molecule has 1 fully saturated rings. The summed E-state index contributed by atoms with van der Waals surface area (Å²) in [6.07, 6.45) is 0. The number of nitrogens with zero attached hydrogens (tertiary/aromatic N) is 1. The third-order valence-electron chi connectivity index (χ3n) is 2.24. The number of amides is 2. The number of carbonyl (C=O) groups excluding carboxylic acids is 2. The molecule has 1 aromatic carbocycles. The van der Waals surface area contributed by atoms with Gasteiger partial charge in [-0.25, -0.2) is 0 Å². The Hall–Kier alpha value is -1.26. The lowest BCUT2D eigenvalue weighted by atomic mass is 10.2. The summed E-state index contributed by atoms with van der Waals surface area (Å²) in [5.74, 6) is -0.394. The van der Waals surface area contributed by atoms with Crippen molar-refractivity contribution in [2.45, 2.75) is 0 Å². The van der Waals surface area contributed by atoms with Crippen LogP contribution in [0.15, 0.2) is 18.2 Å². The standard InChI is InChI=1S/C10H8Cl2N2O2/c11-6-1-2-8(7(12)3-6)14-5-9(15)13-4-10(14)16/h1-3H,4-5H2,(H,13,15). The largest absolute Gasteiger partial charge is 0.345 e. The zero-order chi connectivity index (χ0) is 11.7. The van der Waals surface area contributed by atoms with Crippen molar-refractivity contribution in [3.05, 3.63) is 28.2 Å². The molecule has 0 spiro atoms. The number of piperazine rings is 1. The number of hydrogen-bond donors (Lipinski definition) is 1. The summed E-state index contributed by atoms with van der Waals surface area (Å²) in [7, 11) is 0. The molecule has 16 heavy (non-hydrogen) atoms. The predicted molar refractivity (Wildman–Crippen MR) is 61.8 cm³/mol. The lowest BCUT2D eigenvalue weighted by Gasteiger charge is -2.27. The van der Waals surface area contributed by atoms with Crippen LogP contribution in [0.5, 0.6) is 0 Å². The second-order valence-electron chi connectivity index (χ2n) is 3.35. The van der Waals surface area contributed by atoms with Crippen molar-refractivity contribution in [3.63, 3.8) is 0 Å². The maximum Gasteiger partial charge on any atom is 0.246 e. The van der Waals surface area contributed by atoms with Gasteiger partial charge in [-0.2, -0.15) is 0 Å². The number of carbonyl (C=O) groups is 2. The summed E-state index contributed by atoms with van der Waals surface area (Å²) in [5, 5.41) is 3.31. The van der Waals surface area contributed by atoms with Crippen LogP contribution in [0.3, 0.4) is 0 Å². The molecule has 2 amide bonds. The van der Waals surface area contributed by atoms with Crippen molar-refractivity contribution in [1.82, 2.24) is 5.32 Å². The molecule has 0 radical (unpaired) electrons. The summed E-state index contributed by atoms with van der Waals surface area (Å²) in [4.78, 5) is 24.1. The minimum absolute atomic E-state index is 0.00219. The molecule has 0 saturated carbocycles. The Bertz CT molecular complexity index is 462. The van der Waals surface area contributed by atoms with Gasteiger partial charge in [-0.15, -0.1) is 0 Å². The van der Waals surface area contributed by atoms with E-state index < -0.39 is 0 Å². The average molecular weight is 259 g/mol. The number of halogens is 2. The Labute approximate surface area is 102 Å². The van der Waals surface area contributed by atoms with Crippen LogP contribution < -0.4 is 10.2 Å². The molecule has 1 heterocycles. The van der Waals surface area contributed by atoms with Gasteiger partial charge >= 0.3 is 0 Å². The molecule has 6 heteroatoms. The van der Waals surface area contributed by atoms with E-state index in [2.05, 4.69) is 5.32 Å². The maximum atomic E-state index is 11.6. The van der Waals surface area contributed by atoms with Crippen LogP contribution in [-0.2, 0) is 9.59 Å². The van der Waals surface area contributed by atoms with Gasteiger partial charge in [0.05, 0.1) is 17.3 Å². The van der Waals surface area contributed by atoms with Crippen LogP contribution in [0.1, 0.15) is 0 Å². The Morgan fingerprint density at radius 2 is 2.00 bits per heavy atom. The topological polar surface area (TPSA) is 49.4 Å². The van der Waals surface area contributed by atoms with Gasteiger partial charge in [0.2, 0.25) is 11.8 Å². The second kappa shape index (κ2) is 4.31. The van der Waals surface area contributed by atoms with E-state index in [1.165, 1.54) is 11.0 Å². The zero-order valence-corrected chi connectivity index (χ0v) is 9.68. The fourth-order valence-corrected chi connectivity index (χ4v) is 1.99. The molecule has 84 valence electrons. The fraction of sp³-hybridized carbons (Fsp3) is 0.200. The molecular weight excluding hydrogens is 251 g/mol. The summed E-state index contributed by atoms with van der Waals surface area (Å²) in [5.41, 5.74) is 0.505. The van der Waals surface area contributed by atoms with Crippen LogP contribution in [0.25, 0.3) is 0 Å². The van der Waals surface area contributed by atoms with E-state index in [0.29, 0.717) is 15.7 Å². The molecule has 1 aliphatic rings. The average Bonchev–Trinajstić information content (AvgIpc) is 2.22. The summed E-state index contributed by atoms with van der Waals surface area (Å²) in [6, 6.07) is 4.79. The maximum absolute atomic E-state index is 11.6. The Balaban J connectivity index is 2.35. The van der Waals surface area contributed by atoms with E-state index in [1.807, 2.05) is 0 Å². The Kier molecular flexibility index (Phi) is 3.03. The third-order valence-corrected chi connectivity index (χ3v) is 2.78. The van der Waals surface area contributed by atoms with Gasteiger partial charge in [-0.1, -0.05) is 23.2 Å². The zero-order valence-electron chi connectivity index (χ0n) is 8.17. The first kappa shape index (κ1) is 11.2. The van der Waals surface area contributed by atoms with Crippen molar-refractivity contribution < 1.29 is 9.59 Å². The summed E-state index contributed by atoms with van der Waals surface area (Å²) >= 11 is 11.7. The van der Waals surface area contributed by atoms with E-state index in [9.17, 15) is 9.59 Å². The van der Waals surface area contributed by atoms with Gasteiger partial charge in [0, 0.05) is 5.02 Å². The van der Waals surface area contributed by atoms with Crippen LogP contribution >= 0.6 is 23.2 Å².